The van der Waals surface area contributed by atoms with E-state index < -0.39 is 0 Å². The van der Waals surface area contributed by atoms with Crippen molar-refractivity contribution in [1.29, 1.82) is 0 Å². The average Bonchev–Trinajstić information content (AvgIpc) is 0. The summed E-state index contributed by atoms with van der Waals surface area (Å²) in [5.74, 6) is 0. The van der Waals surface area contributed by atoms with Crippen LogP contribution < -0.4 is 75.4 Å². The van der Waals surface area contributed by atoms with Gasteiger partial charge in [-0.05, 0) is 0 Å². The molecule has 0 unspecified atom stereocenters. The fraction of sp³-hybridized carbons (Fsp3) is 0. The van der Waals surface area contributed by atoms with Crippen molar-refractivity contribution < 1.29 is 109 Å². The largest absolute Gasteiger partial charge is 1.00 e. The van der Waals surface area contributed by atoms with Crippen molar-refractivity contribution in [2.24, 2.45) is 0 Å². The Hall–Kier alpha value is 2.19. The van der Waals surface area contributed by atoms with Crippen LogP contribution in [0.25, 0.3) is 0 Å². The van der Waals surface area contributed by atoms with Gasteiger partial charge < -0.3 is 33.1 Å². The third-order valence-electron chi connectivity index (χ3n) is 0. The molecular formula is H14Li4O5. The normalized spacial score (nSPS) is 0. The van der Waals surface area contributed by atoms with Gasteiger partial charge >= 0.3 is 75.4 Å². The smallest absolute Gasteiger partial charge is 1.00 e. The minimum Gasteiger partial charge on any atom is -1.00 e. The number of rotatable bonds is 0. The van der Waals surface area contributed by atoms with Crippen molar-refractivity contribution in [3.8, 4) is 0 Å². The minimum atomic E-state index is 0. The summed E-state index contributed by atoms with van der Waals surface area (Å²) in [6.45, 7) is 0. The van der Waals surface area contributed by atoms with Crippen molar-refractivity contribution in [1.82, 2.24) is 0 Å². The van der Waals surface area contributed by atoms with Crippen LogP contribution in [-0.4, -0.2) is 27.4 Å². The monoisotopic (exact) mass is 122 g/mol. The summed E-state index contributed by atoms with van der Waals surface area (Å²) >= 11 is 0. The zero-order valence-corrected chi connectivity index (χ0v) is 6.50. The maximum Gasteiger partial charge on any atom is 1.00 e. The maximum atomic E-state index is 0. The molecule has 0 saturated carbocycles. The quantitative estimate of drug-likeness (QED) is 0.279. The molecule has 0 amide bonds. The second-order valence-electron chi connectivity index (χ2n) is 0. The number of hydrogen-bond donors (Lipinski definition) is 0. The minimum absolute atomic E-state index is 0. The van der Waals surface area contributed by atoms with Gasteiger partial charge in [-0.15, -0.1) is 0 Å². The Morgan fingerprint density at radius 2 is 0.333 bits per heavy atom. The van der Waals surface area contributed by atoms with E-state index in [1.165, 1.54) is 0 Å². The Kier molecular flexibility index (Phi) is 4830. The zero-order chi connectivity index (χ0) is 0. The molecule has 0 aliphatic rings. The van der Waals surface area contributed by atoms with E-state index in [-0.39, 0.29) is 109 Å². The fourth-order valence-electron chi connectivity index (χ4n) is 0. The first kappa shape index (κ1) is 242. The average molecular weight is 122 g/mol. The molecule has 0 aromatic rings. The molecule has 0 fully saturated rings. The summed E-state index contributed by atoms with van der Waals surface area (Å²) in [6, 6.07) is 0. The molecule has 0 aliphatic heterocycles. The van der Waals surface area contributed by atoms with Gasteiger partial charge in [-0.25, -0.2) is 0 Å². The van der Waals surface area contributed by atoms with Crippen LogP contribution in [0.15, 0.2) is 0 Å². The Balaban J connectivity index is 0. The van der Waals surface area contributed by atoms with E-state index in [2.05, 4.69) is 0 Å². The van der Waals surface area contributed by atoms with E-state index in [1.807, 2.05) is 0 Å². The predicted molar refractivity (Wildman–Crippen MR) is 22.5 cm³/mol. The second-order valence-corrected chi connectivity index (χ2v) is 0. The molecule has 0 atom stereocenters. The van der Waals surface area contributed by atoms with E-state index in [0.29, 0.717) is 0 Å². The SMILES string of the molecule is O.O.O.O.O.[H-].[H-].[H-].[H-].[Li+].[Li+].[Li+].[Li+]. The first-order valence-corrected chi connectivity index (χ1v) is 0. The van der Waals surface area contributed by atoms with Gasteiger partial charge in [0.25, 0.3) is 0 Å². The van der Waals surface area contributed by atoms with E-state index >= 15 is 0 Å². The van der Waals surface area contributed by atoms with Crippen molar-refractivity contribution >= 4 is 0 Å². The second kappa shape index (κ2) is 179. The van der Waals surface area contributed by atoms with Crippen LogP contribution in [0.5, 0.6) is 0 Å². The molecule has 0 aromatic carbocycles. The summed E-state index contributed by atoms with van der Waals surface area (Å²) in [6.07, 6.45) is 0. The molecule has 0 bridgehead atoms. The van der Waals surface area contributed by atoms with Gasteiger partial charge in [0.05, 0.1) is 0 Å². The van der Waals surface area contributed by atoms with Crippen LogP contribution in [0, 0.1) is 0 Å². The molecule has 0 radical (unpaired) electrons. The van der Waals surface area contributed by atoms with Crippen LogP contribution >= 0.6 is 0 Å². The third-order valence-corrected chi connectivity index (χ3v) is 0. The van der Waals surface area contributed by atoms with E-state index in [1.54, 1.807) is 0 Å². The van der Waals surface area contributed by atoms with E-state index in [4.69, 9.17) is 0 Å². The Morgan fingerprint density at radius 3 is 0.333 bits per heavy atom. The Morgan fingerprint density at radius 1 is 0.333 bits per heavy atom. The molecule has 9 heavy (non-hydrogen) atoms. The fourth-order valence-corrected chi connectivity index (χ4v) is 0. The van der Waals surface area contributed by atoms with Crippen molar-refractivity contribution in [2.45, 2.75) is 0 Å². The molecular weight excluding hydrogens is 108 g/mol. The zero-order valence-electron chi connectivity index (χ0n) is 10.5. The summed E-state index contributed by atoms with van der Waals surface area (Å²) in [5.41, 5.74) is 0. The number of hydrogen-bond acceptors (Lipinski definition) is 0. The standard InChI is InChI=1S/4Li.5H2O.4H/h;;;;5*1H2;;;;/q4*+1;;;;;;4*-1. The van der Waals surface area contributed by atoms with Gasteiger partial charge in [0, 0.05) is 0 Å². The molecule has 10 N–H and O–H groups in total. The van der Waals surface area contributed by atoms with E-state index in [0.717, 1.165) is 0 Å². The molecule has 0 spiro atoms. The van der Waals surface area contributed by atoms with Gasteiger partial charge in [0.2, 0.25) is 0 Å². The van der Waals surface area contributed by atoms with Crippen LogP contribution in [0.2, 0.25) is 0 Å². The van der Waals surface area contributed by atoms with E-state index in [9.17, 15) is 0 Å². The summed E-state index contributed by atoms with van der Waals surface area (Å²) in [5, 5.41) is 0. The third kappa shape index (κ3) is 143. The summed E-state index contributed by atoms with van der Waals surface area (Å²) in [7, 11) is 0. The first-order chi connectivity index (χ1) is 0. The van der Waals surface area contributed by atoms with Gasteiger partial charge in [-0.2, -0.15) is 0 Å². The first-order valence-electron chi connectivity index (χ1n) is 0. The summed E-state index contributed by atoms with van der Waals surface area (Å²) in [4.78, 5) is 0. The molecule has 48 valence electrons. The van der Waals surface area contributed by atoms with Gasteiger partial charge in [0.1, 0.15) is 0 Å². The van der Waals surface area contributed by atoms with Crippen LogP contribution in [0.1, 0.15) is 5.71 Å². The predicted octanol–water partition coefficient (Wildman–Crippen LogP) is -15.7. The Bertz CT molecular complexity index is 20.5. The molecule has 0 saturated heterocycles. The van der Waals surface area contributed by atoms with Gasteiger partial charge in [-0.1, -0.05) is 0 Å². The van der Waals surface area contributed by atoms with Crippen molar-refractivity contribution in [3.05, 3.63) is 0 Å². The molecule has 0 rings (SSSR count). The Labute approximate surface area is 108 Å². The molecule has 5 nitrogen and oxygen atoms in total. The molecule has 0 aromatic heterocycles. The van der Waals surface area contributed by atoms with Crippen molar-refractivity contribution in [2.75, 3.05) is 0 Å². The maximum absolute atomic E-state index is 0. The molecule has 0 heterocycles. The van der Waals surface area contributed by atoms with Crippen molar-refractivity contribution in [3.63, 3.8) is 0 Å². The topological polar surface area (TPSA) is 158 Å². The van der Waals surface area contributed by atoms with Crippen LogP contribution in [0.3, 0.4) is 0 Å². The summed E-state index contributed by atoms with van der Waals surface area (Å²) < 4.78 is 0. The van der Waals surface area contributed by atoms with Crippen LogP contribution in [-0.2, 0) is 0 Å². The van der Waals surface area contributed by atoms with Gasteiger partial charge in [-0.3, -0.25) is 0 Å². The van der Waals surface area contributed by atoms with Crippen LogP contribution in [0.4, 0.5) is 0 Å². The van der Waals surface area contributed by atoms with Gasteiger partial charge in [0.15, 0.2) is 0 Å². The molecule has 9 heteroatoms. The molecule has 0 aliphatic carbocycles.